The van der Waals surface area contributed by atoms with E-state index in [0.29, 0.717) is 5.65 Å². The maximum atomic E-state index is 3.91. The number of imidazole rings is 1. The molecule has 0 aliphatic heterocycles. The SMILES string of the molecule is [Zn].c1ncc2[nH]cnc2n1. The molecule has 0 aliphatic carbocycles. The summed E-state index contributed by atoms with van der Waals surface area (Å²) in [5.41, 5.74) is 1.59. The van der Waals surface area contributed by atoms with Crippen LogP contribution in [0.5, 0.6) is 0 Å². The Hall–Kier alpha value is -0.827. The monoisotopic (exact) mass is 184 g/mol. The zero-order valence-corrected chi connectivity index (χ0v) is 8.25. The molecular weight excluding hydrogens is 181 g/mol. The standard InChI is InChI=1S/C5H4N4.Zn/c1-4-5(8-2-6-1)9-3-7-4;/h1-3H,(H,6,7,8,9);. The molecule has 4 nitrogen and oxygen atoms in total. The molecule has 0 radical (unpaired) electrons. The molecule has 0 spiro atoms. The molecule has 46 valence electrons. The number of nitrogens with one attached hydrogen (secondary N) is 1. The van der Waals surface area contributed by atoms with Gasteiger partial charge in [0.15, 0.2) is 5.65 Å². The van der Waals surface area contributed by atoms with Crippen molar-refractivity contribution < 1.29 is 19.5 Å². The predicted molar refractivity (Wildman–Crippen MR) is 31.7 cm³/mol. The summed E-state index contributed by atoms with van der Waals surface area (Å²) in [4.78, 5) is 14.5. The first-order valence-electron chi connectivity index (χ1n) is 2.56. The molecule has 2 rings (SSSR count). The van der Waals surface area contributed by atoms with Crippen molar-refractivity contribution in [2.75, 3.05) is 0 Å². The van der Waals surface area contributed by atoms with Gasteiger partial charge in [0.05, 0.1) is 12.5 Å². The van der Waals surface area contributed by atoms with Gasteiger partial charge in [-0.3, -0.25) is 0 Å². The first-order chi connectivity index (χ1) is 4.47. The minimum absolute atomic E-state index is 0. The molecule has 5 heteroatoms. The molecule has 0 unspecified atom stereocenters. The van der Waals surface area contributed by atoms with E-state index in [1.807, 2.05) is 0 Å². The van der Waals surface area contributed by atoms with Gasteiger partial charge in [-0.15, -0.1) is 0 Å². The Balaban J connectivity index is 0.000000500. The number of H-pyrrole nitrogens is 1. The van der Waals surface area contributed by atoms with Crippen molar-refractivity contribution in [3.63, 3.8) is 0 Å². The van der Waals surface area contributed by atoms with Gasteiger partial charge in [-0.05, 0) is 0 Å². The van der Waals surface area contributed by atoms with Crippen LogP contribution >= 0.6 is 0 Å². The second-order valence-electron chi connectivity index (χ2n) is 1.66. The van der Waals surface area contributed by atoms with E-state index in [-0.39, 0.29) is 19.5 Å². The second kappa shape index (κ2) is 2.84. The molecule has 2 aromatic rings. The molecule has 1 N–H and O–H groups in total. The summed E-state index contributed by atoms with van der Waals surface area (Å²) in [6.07, 6.45) is 4.76. The van der Waals surface area contributed by atoms with Gasteiger partial charge in [0.2, 0.25) is 0 Å². The topological polar surface area (TPSA) is 54.5 Å². The van der Waals surface area contributed by atoms with Crippen LogP contribution in [0.3, 0.4) is 0 Å². The van der Waals surface area contributed by atoms with Crippen molar-refractivity contribution >= 4 is 11.2 Å². The fourth-order valence-corrected chi connectivity index (χ4v) is 0.691. The van der Waals surface area contributed by atoms with Crippen LogP contribution in [0.15, 0.2) is 18.9 Å². The fraction of sp³-hybridized carbons (Fsp3) is 0. The molecule has 0 saturated carbocycles. The summed E-state index contributed by atoms with van der Waals surface area (Å²) in [7, 11) is 0. The number of fused-ring (bicyclic) bond motifs is 1. The number of rotatable bonds is 0. The summed E-state index contributed by atoms with van der Waals surface area (Å²) in [6, 6.07) is 0. The van der Waals surface area contributed by atoms with Gasteiger partial charge in [0.25, 0.3) is 0 Å². The Morgan fingerprint density at radius 2 is 2.20 bits per heavy atom. The maximum absolute atomic E-state index is 3.91. The Kier molecular flexibility index (Phi) is 2.07. The number of nitrogens with zero attached hydrogens (tertiary/aromatic N) is 3. The minimum Gasteiger partial charge on any atom is -0.342 e. The summed E-state index contributed by atoms with van der Waals surface area (Å²) in [6.45, 7) is 0. The Labute approximate surface area is 69.9 Å². The summed E-state index contributed by atoms with van der Waals surface area (Å²) < 4.78 is 0. The molecule has 0 fully saturated rings. The van der Waals surface area contributed by atoms with E-state index in [1.165, 1.54) is 6.33 Å². The zero-order chi connectivity index (χ0) is 6.10. The molecule has 0 saturated heterocycles. The van der Waals surface area contributed by atoms with E-state index in [9.17, 15) is 0 Å². The fourth-order valence-electron chi connectivity index (χ4n) is 0.691. The predicted octanol–water partition coefficient (Wildman–Crippen LogP) is 0.350. The molecule has 2 aromatic heterocycles. The van der Waals surface area contributed by atoms with E-state index in [1.54, 1.807) is 12.5 Å². The van der Waals surface area contributed by atoms with Gasteiger partial charge in [-0.2, -0.15) is 0 Å². The van der Waals surface area contributed by atoms with Crippen LogP contribution in [0.4, 0.5) is 0 Å². The summed E-state index contributed by atoms with van der Waals surface area (Å²) in [5, 5.41) is 0. The van der Waals surface area contributed by atoms with Crippen LogP contribution in [0.25, 0.3) is 11.2 Å². The molecule has 10 heavy (non-hydrogen) atoms. The Bertz CT molecular complexity index is 288. The van der Waals surface area contributed by atoms with Crippen molar-refractivity contribution in [3.8, 4) is 0 Å². The van der Waals surface area contributed by atoms with Crippen LogP contribution in [-0.4, -0.2) is 19.9 Å². The van der Waals surface area contributed by atoms with Gasteiger partial charge >= 0.3 is 0 Å². The third-order valence-corrected chi connectivity index (χ3v) is 1.10. The first-order valence-corrected chi connectivity index (χ1v) is 2.56. The van der Waals surface area contributed by atoms with E-state index in [4.69, 9.17) is 0 Å². The van der Waals surface area contributed by atoms with Crippen LogP contribution in [-0.2, 0) is 19.5 Å². The van der Waals surface area contributed by atoms with Crippen molar-refractivity contribution in [1.29, 1.82) is 0 Å². The first kappa shape index (κ1) is 7.28. The summed E-state index contributed by atoms with van der Waals surface area (Å²) >= 11 is 0. The van der Waals surface area contributed by atoms with Crippen molar-refractivity contribution in [2.45, 2.75) is 0 Å². The third-order valence-electron chi connectivity index (χ3n) is 1.10. The molecule has 0 aliphatic rings. The Morgan fingerprint density at radius 1 is 1.30 bits per heavy atom. The van der Waals surface area contributed by atoms with E-state index < -0.39 is 0 Å². The molecular formula is C5H4N4Zn. The smallest absolute Gasteiger partial charge is 0.180 e. The van der Waals surface area contributed by atoms with Crippen LogP contribution in [0.1, 0.15) is 0 Å². The zero-order valence-electron chi connectivity index (χ0n) is 5.28. The minimum atomic E-state index is 0. The quantitative estimate of drug-likeness (QED) is 0.603. The number of hydrogen-bond donors (Lipinski definition) is 1. The van der Waals surface area contributed by atoms with Crippen molar-refractivity contribution in [3.05, 3.63) is 18.9 Å². The normalized spacial score (nSPS) is 9.20. The maximum Gasteiger partial charge on any atom is 0.180 e. The third kappa shape index (κ3) is 1.05. The van der Waals surface area contributed by atoms with Crippen molar-refractivity contribution in [2.24, 2.45) is 0 Å². The number of hydrogen-bond acceptors (Lipinski definition) is 3. The number of aromatic amines is 1. The molecule has 0 aromatic carbocycles. The van der Waals surface area contributed by atoms with Crippen molar-refractivity contribution in [1.82, 2.24) is 19.9 Å². The summed E-state index contributed by atoms with van der Waals surface area (Å²) in [5.74, 6) is 0. The molecule has 0 amide bonds. The average Bonchev–Trinajstić information content (AvgIpc) is 2.33. The Morgan fingerprint density at radius 3 is 3.00 bits per heavy atom. The number of aromatic nitrogens is 4. The molecule has 2 heterocycles. The van der Waals surface area contributed by atoms with Crippen LogP contribution in [0, 0.1) is 0 Å². The van der Waals surface area contributed by atoms with Crippen LogP contribution < -0.4 is 0 Å². The van der Waals surface area contributed by atoms with Gasteiger partial charge in [-0.25, -0.2) is 15.0 Å². The molecule has 0 bridgehead atoms. The van der Waals surface area contributed by atoms with Gasteiger partial charge in [0, 0.05) is 19.5 Å². The second-order valence-corrected chi connectivity index (χ2v) is 1.66. The van der Waals surface area contributed by atoms with Gasteiger partial charge in [0.1, 0.15) is 11.8 Å². The van der Waals surface area contributed by atoms with Crippen LogP contribution in [0.2, 0.25) is 0 Å². The average molecular weight is 186 g/mol. The van der Waals surface area contributed by atoms with E-state index >= 15 is 0 Å². The van der Waals surface area contributed by atoms with Gasteiger partial charge in [-0.1, -0.05) is 0 Å². The van der Waals surface area contributed by atoms with Gasteiger partial charge < -0.3 is 4.98 Å². The van der Waals surface area contributed by atoms with E-state index in [2.05, 4.69) is 19.9 Å². The largest absolute Gasteiger partial charge is 0.342 e. The molecule has 0 atom stereocenters. The van der Waals surface area contributed by atoms with E-state index in [0.717, 1.165) is 5.52 Å².